The van der Waals surface area contributed by atoms with Crippen LogP contribution in [-0.4, -0.2) is 5.91 Å². The van der Waals surface area contributed by atoms with Crippen molar-refractivity contribution in [3.8, 4) is 0 Å². The van der Waals surface area contributed by atoms with Gasteiger partial charge in [-0.2, -0.15) is 0 Å². The molecule has 2 aromatic rings. The zero-order valence-electron chi connectivity index (χ0n) is 8.34. The number of amides is 1. The Morgan fingerprint density at radius 2 is 2.12 bits per heavy atom. The van der Waals surface area contributed by atoms with E-state index in [1.54, 1.807) is 12.1 Å². The monoisotopic (exact) mass is 441 g/mol. The number of thiophene rings is 1. The van der Waals surface area contributed by atoms with Crippen LogP contribution in [0.25, 0.3) is 0 Å². The van der Waals surface area contributed by atoms with Crippen LogP contribution >= 0.6 is 61.5 Å². The predicted molar refractivity (Wildman–Crippen MR) is 84.1 cm³/mol. The summed E-state index contributed by atoms with van der Waals surface area (Å²) >= 11 is 12.9. The third kappa shape index (κ3) is 3.43. The van der Waals surface area contributed by atoms with Crippen LogP contribution in [0.5, 0.6) is 0 Å². The maximum absolute atomic E-state index is 11.9. The Hall–Kier alpha value is -0.110. The lowest BCUT2D eigenvalue weighted by Crippen LogP contribution is -2.10. The average Bonchev–Trinajstić information content (AvgIpc) is 2.69. The third-order valence-electron chi connectivity index (χ3n) is 1.98. The van der Waals surface area contributed by atoms with E-state index in [2.05, 4.69) is 43.8 Å². The van der Waals surface area contributed by atoms with Crippen LogP contribution in [0.2, 0.25) is 5.02 Å². The van der Waals surface area contributed by atoms with Crippen LogP contribution in [0.4, 0.5) is 5.69 Å². The first-order valence-electron chi connectivity index (χ1n) is 4.58. The number of anilines is 1. The van der Waals surface area contributed by atoms with E-state index in [1.165, 1.54) is 11.3 Å². The van der Waals surface area contributed by atoms with Gasteiger partial charge in [-0.15, -0.1) is 11.3 Å². The molecule has 1 heterocycles. The normalized spacial score (nSPS) is 10.3. The van der Waals surface area contributed by atoms with Gasteiger partial charge in [0.25, 0.3) is 5.91 Å². The molecule has 0 unspecified atom stereocenters. The number of hydrogen-bond acceptors (Lipinski definition) is 2. The summed E-state index contributed by atoms with van der Waals surface area (Å²) < 4.78 is 1.96. The van der Waals surface area contributed by atoms with Crippen LogP contribution in [0.15, 0.2) is 34.1 Å². The van der Waals surface area contributed by atoms with Crippen molar-refractivity contribution in [2.45, 2.75) is 0 Å². The molecule has 0 atom stereocenters. The van der Waals surface area contributed by atoms with Crippen molar-refractivity contribution in [3.63, 3.8) is 0 Å². The van der Waals surface area contributed by atoms with Gasteiger partial charge in [-0.3, -0.25) is 4.79 Å². The van der Waals surface area contributed by atoms with E-state index in [4.69, 9.17) is 11.6 Å². The Balaban J connectivity index is 2.18. The van der Waals surface area contributed by atoms with Crippen LogP contribution in [0.3, 0.4) is 0 Å². The molecule has 1 aromatic heterocycles. The second-order valence-corrected chi connectivity index (χ2v) is 7.30. The highest BCUT2D eigenvalue weighted by Crippen LogP contribution is 2.26. The van der Waals surface area contributed by atoms with Gasteiger partial charge in [0.2, 0.25) is 0 Å². The lowest BCUT2D eigenvalue weighted by Gasteiger charge is -2.06. The molecule has 6 heteroatoms. The van der Waals surface area contributed by atoms with Gasteiger partial charge >= 0.3 is 0 Å². The Morgan fingerprint density at radius 1 is 1.35 bits per heavy atom. The first kappa shape index (κ1) is 13.3. The Labute approximate surface area is 130 Å². The number of benzene rings is 1. The molecule has 17 heavy (non-hydrogen) atoms. The first-order chi connectivity index (χ1) is 8.06. The van der Waals surface area contributed by atoms with Crippen LogP contribution < -0.4 is 5.32 Å². The Bertz CT molecular complexity index is 572. The molecular formula is C11H6BrClINOS. The summed E-state index contributed by atoms with van der Waals surface area (Å²) in [6.45, 7) is 0. The summed E-state index contributed by atoms with van der Waals surface area (Å²) in [6.07, 6.45) is 0. The summed E-state index contributed by atoms with van der Waals surface area (Å²) in [5, 5.41) is 3.32. The van der Waals surface area contributed by atoms with Crippen LogP contribution in [0, 0.1) is 3.57 Å². The second-order valence-electron chi connectivity index (χ2n) is 3.18. The number of nitrogens with one attached hydrogen (secondary N) is 1. The summed E-state index contributed by atoms with van der Waals surface area (Å²) in [5.74, 6) is -0.149. The zero-order chi connectivity index (χ0) is 12.4. The molecule has 1 aromatic carbocycles. The van der Waals surface area contributed by atoms with Gasteiger partial charge in [-0.05, 0) is 68.9 Å². The van der Waals surface area contributed by atoms with Crippen molar-refractivity contribution in [2.24, 2.45) is 0 Å². The molecule has 2 nitrogen and oxygen atoms in total. The molecule has 0 bridgehead atoms. The highest BCUT2D eigenvalue weighted by atomic mass is 127. The summed E-state index contributed by atoms with van der Waals surface area (Å²) in [5.41, 5.74) is 0.626. The van der Waals surface area contributed by atoms with Crippen molar-refractivity contribution in [1.82, 2.24) is 0 Å². The molecule has 0 aliphatic carbocycles. The van der Waals surface area contributed by atoms with E-state index in [-0.39, 0.29) is 5.91 Å². The fourth-order valence-electron chi connectivity index (χ4n) is 1.21. The van der Waals surface area contributed by atoms with Gasteiger partial charge in [0.05, 0.1) is 19.4 Å². The largest absolute Gasteiger partial charge is 0.320 e. The third-order valence-corrected chi connectivity index (χ3v) is 4.58. The zero-order valence-corrected chi connectivity index (χ0v) is 13.7. The number of hydrogen-bond donors (Lipinski definition) is 1. The van der Waals surface area contributed by atoms with Crippen molar-refractivity contribution >= 4 is 73.1 Å². The van der Waals surface area contributed by atoms with Crippen molar-refractivity contribution in [1.29, 1.82) is 0 Å². The molecule has 0 fully saturated rings. The minimum atomic E-state index is -0.149. The molecule has 1 amide bonds. The molecule has 0 aliphatic heterocycles. The van der Waals surface area contributed by atoms with E-state index in [0.29, 0.717) is 15.6 Å². The molecule has 1 N–H and O–H groups in total. The molecular weight excluding hydrogens is 436 g/mol. The first-order valence-corrected chi connectivity index (χ1v) is 7.64. The van der Waals surface area contributed by atoms with Crippen molar-refractivity contribution in [3.05, 3.63) is 47.6 Å². The summed E-state index contributed by atoms with van der Waals surface area (Å²) in [6, 6.07) is 9.11. The fraction of sp³-hybridized carbons (Fsp3) is 0. The lowest BCUT2D eigenvalue weighted by molar-refractivity contribution is 0.103. The van der Waals surface area contributed by atoms with Crippen molar-refractivity contribution < 1.29 is 4.79 Å². The van der Waals surface area contributed by atoms with Gasteiger partial charge in [0.1, 0.15) is 0 Å². The van der Waals surface area contributed by atoms with Crippen LogP contribution in [-0.2, 0) is 0 Å². The molecule has 0 radical (unpaired) electrons. The van der Waals surface area contributed by atoms with Crippen molar-refractivity contribution in [2.75, 3.05) is 5.32 Å². The molecule has 0 spiro atoms. The fourth-order valence-corrected chi connectivity index (χ4v) is 3.40. The highest BCUT2D eigenvalue weighted by Gasteiger charge is 2.10. The number of rotatable bonds is 2. The van der Waals surface area contributed by atoms with Gasteiger partial charge in [0, 0.05) is 3.57 Å². The smallest absolute Gasteiger partial charge is 0.265 e. The number of carbonyl (C=O) groups excluding carboxylic acids is 1. The van der Waals surface area contributed by atoms with E-state index >= 15 is 0 Å². The molecule has 0 saturated heterocycles. The van der Waals surface area contributed by atoms with Gasteiger partial charge in [-0.1, -0.05) is 11.6 Å². The summed E-state index contributed by atoms with van der Waals surface area (Å²) in [4.78, 5) is 12.5. The maximum atomic E-state index is 11.9. The van der Waals surface area contributed by atoms with Gasteiger partial charge < -0.3 is 5.32 Å². The number of carbonyl (C=O) groups is 1. The highest BCUT2D eigenvalue weighted by molar-refractivity contribution is 14.1. The Morgan fingerprint density at radius 3 is 2.71 bits per heavy atom. The molecule has 2 rings (SSSR count). The molecule has 0 aliphatic rings. The SMILES string of the molecule is O=C(Nc1ccc(I)cc1Cl)c1ccc(Br)s1. The molecule has 88 valence electrons. The Kier molecular flexibility index (Phi) is 4.46. The quantitative estimate of drug-likeness (QED) is 0.650. The topological polar surface area (TPSA) is 29.1 Å². The lowest BCUT2D eigenvalue weighted by atomic mass is 10.3. The predicted octanol–water partition coefficient (Wildman–Crippen LogP) is 5.02. The van der Waals surface area contributed by atoms with Gasteiger partial charge in [-0.25, -0.2) is 0 Å². The maximum Gasteiger partial charge on any atom is 0.265 e. The average molecular weight is 443 g/mol. The summed E-state index contributed by atoms with van der Waals surface area (Å²) in [7, 11) is 0. The van der Waals surface area contributed by atoms with Crippen LogP contribution in [0.1, 0.15) is 9.67 Å². The minimum Gasteiger partial charge on any atom is -0.320 e. The van der Waals surface area contributed by atoms with E-state index in [0.717, 1.165) is 7.36 Å². The van der Waals surface area contributed by atoms with Gasteiger partial charge in [0.15, 0.2) is 0 Å². The van der Waals surface area contributed by atoms with E-state index in [9.17, 15) is 4.79 Å². The second kappa shape index (κ2) is 5.69. The number of halogens is 3. The molecule has 0 saturated carbocycles. The van der Waals surface area contributed by atoms with E-state index in [1.807, 2.05) is 18.2 Å². The minimum absolute atomic E-state index is 0.149. The standard InChI is InChI=1S/C11H6BrClINOS/c12-10-4-3-9(17-10)11(16)15-8-2-1-6(14)5-7(8)13/h1-5H,(H,15,16). The van der Waals surface area contributed by atoms with E-state index < -0.39 is 0 Å².